The molecule has 1 unspecified atom stereocenters. The highest BCUT2D eigenvalue weighted by molar-refractivity contribution is 7.89. The summed E-state index contributed by atoms with van der Waals surface area (Å²) < 4.78 is 29.8. The fourth-order valence-electron chi connectivity index (χ4n) is 7.46. The van der Waals surface area contributed by atoms with E-state index in [0.717, 1.165) is 68.9 Å². The first-order valence-electron chi connectivity index (χ1n) is 18.9. The fraction of sp³-hybridized carbons (Fsp3) is 0.684. The molecule has 2 fully saturated rings. The lowest BCUT2D eigenvalue weighted by atomic mass is 9.95. The monoisotopic (exact) mass is 718 g/mol. The quantitative estimate of drug-likeness (QED) is 0.112. The Morgan fingerprint density at radius 2 is 1.49 bits per heavy atom. The molecule has 2 aliphatic heterocycles. The first-order valence-corrected chi connectivity index (χ1v) is 20.7. The predicted octanol–water partition coefficient (Wildman–Crippen LogP) is 8.20. The predicted molar refractivity (Wildman–Crippen MR) is 199 cm³/mol. The number of fused-ring (bicyclic) bond motifs is 1. The number of hydrogen-bond donors (Lipinski definition) is 3. The molecule has 0 aromatic heterocycles. The number of rotatable bonds is 21. The molecule has 2 atom stereocenters. The number of piperidine rings is 2. The Kier molecular flexibility index (Phi) is 16.4. The number of hydrogen-bond acceptors (Lipinski definition) is 5. The first-order chi connectivity index (χ1) is 23.7. The number of carbonyl (C=O) groups excluding carboxylic acids is 1. The third-order valence-electron chi connectivity index (χ3n) is 10.4. The lowest BCUT2D eigenvalue weighted by Crippen LogP contribution is -2.57. The minimum Gasteiger partial charge on any atom is -0.465 e. The van der Waals surface area contributed by atoms with Crippen LogP contribution in [0.1, 0.15) is 116 Å². The molecule has 0 bridgehead atoms. The number of sulfonamides is 1. The van der Waals surface area contributed by atoms with E-state index in [1.807, 2.05) is 4.90 Å². The van der Waals surface area contributed by atoms with Crippen LogP contribution in [0.5, 0.6) is 0 Å². The van der Waals surface area contributed by atoms with Crippen molar-refractivity contribution in [2.75, 3.05) is 32.7 Å². The molecule has 9 nitrogen and oxygen atoms in total. The van der Waals surface area contributed by atoms with E-state index in [2.05, 4.69) is 21.9 Å². The number of unbranched alkanes of at least 4 members (excludes halogenated alkanes) is 11. The van der Waals surface area contributed by atoms with Crippen molar-refractivity contribution in [3.8, 4) is 0 Å². The maximum atomic E-state index is 14.0. The summed E-state index contributed by atoms with van der Waals surface area (Å²) in [6, 6.07) is 9.51. The summed E-state index contributed by atoms with van der Waals surface area (Å²) in [5.41, 5.74) is 0. The number of nitrogens with zero attached hydrogens (tertiary/aromatic N) is 2. The zero-order valence-corrected chi connectivity index (χ0v) is 31.1. The van der Waals surface area contributed by atoms with Gasteiger partial charge in [-0.2, -0.15) is 4.72 Å². The van der Waals surface area contributed by atoms with E-state index in [-0.39, 0.29) is 16.8 Å². The Morgan fingerprint density at radius 1 is 0.878 bits per heavy atom. The van der Waals surface area contributed by atoms with Crippen molar-refractivity contribution < 1.29 is 23.1 Å². The van der Waals surface area contributed by atoms with E-state index in [4.69, 9.17) is 16.7 Å². The molecule has 2 heterocycles. The van der Waals surface area contributed by atoms with Crippen molar-refractivity contribution in [3.63, 3.8) is 0 Å². The van der Waals surface area contributed by atoms with Gasteiger partial charge in [0, 0.05) is 30.7 Å². The van der Waals surface area contributed by atoms with Crippen LogP contribution in [-0.4, -0.2) is 80.1 Å². The smallest absolute Gasteiger partial charge is 0.404 e. The molecule has 4 rings (SSSR count). The second kappa shape index (κ2) is 20.4. The van der Waals surface area contributed by atoms with Gasteiger partial charge in [-0.15, -0.1) is 0 Å². The number of amides is 2. The normalized spacial score (nSPS) is 18.6. The molecule has 3 N–H and O–H groups in total. The average Bonchev–Trinajstić information content (AvgIpc) is 3.08. The van der Waals surface area contributed by atoms with E-state index in [9.17, 15) is 18.0 Å². The van der Waals surface area contributed by atoms with Crippen LogP contribution in [0.4, 0.5) is 4.79 Å². The van der Waals surface area contributed by atoms with Crippen LogP contribution in [-0.2, 0) is 14.8 Å². The summed E-state index contributed by atoms with van der Waals surface area (Å²) in [4.78, 5) is 29.5. The van der Waals surface area contributed by atoms with Gasteiger partial charge in [0.25, 0.3) is 0 Å². The molecule has 49 heavy (non-hydrogen) atoms. The molecule has 11 heteroatoms. The average molecular weight is 719 g/mol. The van der Waals surface area contributed by atoms with Crippen LogP contribution in [0.2, 0.25) is 5.02 Å². The minimum atomic E-state index is -3.92. The second-order valence-corrected chi connectivity index (χ2v) is 16.4. The summed E-state index contributed by atoms with van der Waals surface area (Å²) in [7, 11) is -3.92. The highest BCUT2D eigenvalue weighted by atomic mass is 35.5. The number of carboxylic acid groups (broad SMARTS) is 1. The third-order valence-corrected chi connectivity index (χ3v) is 12.1. The number of nitrogens with one attached hydrogen (secondary N) is 2. The molecule has 2 aromatic carbocycles. The Labute approximate surface area is 299 Å². The highest BCUT2D eigenvalue weighted by Crippen LogP contribution is 2.26. The minimum absolute atomic E-state index is 0.0158. The van der Waals surface area contributed by atoms with Gasteiger partial charge in [-0.3, -0.25) is 4.79 Å². The van der Waals surface area contributed by atoms with Gasteiger partial charge < -0.3 is 20.2 Å². The second-order valence-electron chi connectivity index (χ2n) is 14.3. The SMILES string of the molecule is CCCCCCCCCCCCCCC(CN1CCC(CNC(=O)O)CC1)N1CCC[C@H](NS(=O)(=O)c2ccc3cc(Cl)ccc3c2)C1=O. The molecule has 2 aromatic rings. The standard InChI is InChI=1S/C38H59ClN4O5S/c1-2-3-4-5-6-7-8-9-10-11-12-13-15-34(29-42-24-21-30(22-25-42)28-40-38(45)46)43-23-14-16-36(37(43)44)41-49(47,48)35-20-18-31-26-33(39)19-17-32(31)27-35/h17-20,26-27,30,34,36,40-41H,2-16,21-25,28-29H2,1H3,(H,45,46)/t34?,36-/m0/s1. The van der Waals surface area contributed by atoms with E-state index in [0.29, 0.717) is 30.5 Å². The van der Waals surface area contributed by atoms with Crippen molar-refractivity contribution >= 4 is 44.4 Å². The first kappa shape index (κ1) is 39.4. The fourth-order valence-corrected chi connectivity index (χ4v) is 8.90. The van der Waals surface area contributed by atoms with Gasteiger partial charge in [0.1, 0.15) is 6.04 Å². The van der Waals surface area contributed by atoms with Gasteiger partial charge >= 0.3 is 6.09 Å². The van der Waals surface area contributed by atoms with Gasteiger partial charge in [-0.1, -0.05) is 108 Å². The van der Waals surface area contributed by atoms with Gasteiger partial charge in [-0.05, 0) is 86.1 Å². The molecule has 274 valence electrons. The number of likely N-dealkylation sites (tertiary alicyclic amines) is 2. The summed E-state index contributed by atoms with van der Waals surface area (Å²) in [6.45, 7) is 5.86. The Balaban J connectivity index is 1.33. The molecule has 0 spiro atoms. The molecule has 2 amide bonds. The highest BCUT2D eigenvalue weighted by Gasteiger charge is 2.36. The van der Waals surface area contributed by atoms with Crippen molar-refractivity contribution in [1.82, 2.24) is 19.8 Å². The summed E-state index contributed by atoms with van der Waals surface area (Å²) >= 11 is 6.11. The summed E-state index contributed by atoms with van der Waals surface area (Å²) in [6.07, 6.45) is 18.3. The molecule has 0 saturated carbocycles. The van der Waals surface area contributed by atoms with E-state index in [1.165, 1.54) is 64.2 Å². The molecular weight excluding hydrogens is 660 g/mol. The van der Waals surface area contributed by atoms with Crippen molar-refractivity contribution in [3.05, 3.63) is 41.4 Å². The maximum Gasteiger partial charge on any atom is 0.404 e. The van der Waals surface area contributed by atoms with Crippen molar-refractivity contribution in [1.29, 1.82) is 0 Å². The van der Waals surface area contributed by atoms with Gasteiger partial charge in [-0.25, -0.2) is 13.2 Å². The molecule has 2 saturated heterocycles. The summed E-state index contributed by atoms with van der Waals surface area (Å²) in [5, 5.41) is 13.7. The third kappa shape index (κ3) is 13.0. The van der Waals surface area contributed by atoms with Gasteiger partial charge in [0.15, 0.2) is 0 Å². The van der Waals surface area contributed by atoms with E-state index in [1.54, 1.807) is 36.4 Å². The number of benzene rings is 2. The van der Waals surface area contributed by atoms with Crippen LogP contribution < -0.4 is 10.0 Å². The lowest BCUT2D eigenvalue weighted by Gasteiger charge is -2.42. The largest absolute Gasteiger partial charge is 0.465 e. The zero-order chi connectivity index (χ0) is 35.1. The topological polar surface area (TPSA) is 119 Å². The molecule has 0 radical (unpaired) electrons. The number of halogens is 1. The molecule has 0 aliphatic carbocycles. The van der Waals surface area contributed by atoms with Crippen molar-refractivity contribution in [2.24, 2.45) is 5.92 Å². The molecular formula is C38H59ClN4O5S. The zero-order valence-electron chi connectivity index (χ0n) is 29.5. The van der Waals surface area contributed by atoms with Gasteiger partial charge in [0.2, 0.25) is 15.9 Å². The Morgan fingerprint density at radius 3 is 2.14 bits per heavy atom. The molecule has 2 aliphatic rings. The number of carbonyl (C=O) groups is 2. The Bertz CT molecular complexity index is 1430. The summed E-state index contributed by atoms with van der Waals surface area (Å²) in [5.74, 6) is 0.191. The van der Waals surface area contributed by atoms with E-state index < -0.39 is 22.2 Å². The van der Waals surface area contributed by atoms with Crippen LogP contribution >= 0.6 is 11.6 Å². The Hall–Kier alpha value is -2.40. The van der Waals surface area contributed by atoms with Crippen LogP contribution in [0.3, 0.4) is 0 Å². The van der Waals surface area contributed by atoms with Crippen LogP contribution in [0, 0.1) is 5.92 Å². The van der Waals surface area contributed by atoms with Gasteiger partial charge in [0.05, 0.1) is 4.90 Å². The maximum absolute atomic E-state index is 14.0. The van der Waals surface area contributed by atoms with E-state index >= 15 is 0 Å². The lowest BCUT2D eigenvalue weighted by molar-refractivity contribution is -0.138. The van der Waals surface area contributed by atoms with Crippen LogP contribution in [0.15, 0.2) is 41.3 Å². The van der Waals surface area contributed by atoms with Crippen LogP contribution in [0.25, 0.3) is 10.8 Å². The van der Waals surface area contributed by atoms with Crippen molar-refractivity contribution in [2.45, 2.75) is 133 Å².